The molecule has 0 spiro atoms. The van der Waals surface area contributed by atoms with Gasteiger partial charge >= 0.3 is 5.97 Å². The van der Waals surface area contributed by atoms with Crippen LogP contribution in [-0.2, 0) is 17.9 Å². The first kappa shape index (κ1) is 13.7. The van der Waals surface area contributed by atoms with Gasteiger partial charge in [-0.25, -0.2) is 10.0 Å². The van der Waals surface area contributed by atoms with Crippen molar-refractivity contribution in [3.05, 3.63) is 47.5 Å². The van der Waals surface area contributed by atoms with Gasteiger partial charge in [-0.05, 0) is 46.9 Å². The number of hydrazine groups is 1. The first-order valence-corrected chi connectivity index (χ1v) is 7.94. The lowest BCUT2D eigenvalue weighted by Gasteiger charge is -2.36. The predicted octanol–water partition coefficient (Wildman–Crippen LogP) is 2.87. The lowest BCUT2D eigenvalue weighted by molar-refractivity contribution is -0.145. The van der Waals surface area contributed by atoms with E-state index in [0.717, 1.165) is 39.0 Å². The molecule has 2 aliphatic rings. The summed E-state index contributed by atoms with van der Waals surface area (Å²) in [5, 5.41) is 16.4. The van der Waals surface area contributed by atoms with Crippen LogP contribution in [0.5, 0.6) is 0 Å². The summed E-state index contributed by atoms with van der Waals surface area (Å²) in [6.45, 7) is 3.59. The summed E-state index contributed by atoms with van der Waals surface area (Å²) < 4.78 is 0. The molecule has 22 heavy (non-hydrogen) atoms. The van der Waals surface area contributed by atoms with E-state index < -0.39 is 5.97 Å². The Morgan fingerprint density at radius 1 is 0.955 bits per heavy atom. The van der Waals surface area contributed by atoms with E-state index in [1.807, 2.05) is 0 Å². The zero-order valence-corrected chi connectivity index (χ0v) is 12.5. The zero-order valence-electron chi connectivity index (χ0n) is 12.5. The summed E-state index contributed by atoms with van der Waals surface area (Å²) in [7, 11) is 0. The minimum atomic E-state index is -0.643. The Morgan fingerprint density at radius 3 is 2.00 bits per heavy atom. The third-order valence-corrected chi connectivity index (χ3v) is 4.99. The Balaban J connectivity index is 1.50. The van der Waals surface area contributed by atoms with Crippen LogP contribution in [0, 0.1) is 5.92 Å². The molecule has 0 bridgehead atoms. The van der Waals surface area contributed by atoms with Crippen LogP contribution in [0.15, 0.2) is 36.4 Å². The molecule has 2 heterocycles. The van der Waals surface area contributed by atoms with Crippen molar-refractivity contribution in [1.82, 2.24) is 10.0 Å². The first-order valence-electron chi connectivity index (χ1n) is 7.94. The van der Waals surface area contributed by atoms with E-state index in [0.29, 0.717) is 0 Å². The Bertz CT molecular complexity index is 676. The highest BCUT2D eigenvalue weighted by Gasteiger charge is 2.30. The molecule has 4 rings (SSSR count). The van der Waals surface area contributed by atoms with Crippen LogP contribution in [0.3, 0.4) is 0 Å². The van der Waals surface area contributed by atoms with E-state index >= 15 is 0 Å². The molecule has 0 radical (unpaired) electrons. The molecular weight excluding hydrogens is 276 g/mol. The quantitative estimate of drug-likeness (QED) is 0.925. The number of fused-ring (bicyclic) bond motifs is 2. The number of aliphatic carboxylic acids is 1. The molecule has 4 heteroatoms. The van der Waals surface area contributed by atoms with Crippen molar-refractivity contribution in [2.45, 2.75) is 25.9 Å². The molecule has 0 amide bonds. The van der Waals surface area contributed by atoms with Gasteiger partial charge in [0.1, 0.15) is 0 Å². The van der Waals surface area contributed by atoms with E-state index in [-0.39, 0.29) is 5.92 Å². The monoisotopic (exact) mass is 296 g/mol. The number of rotatable bonds is 2. The lowest BCUT2D eigenvalue weighted by Crippen LogP contribution is -2.45. The zero-order chi connectivity index (χ0) is 15.1. The summed E-state index contributed by atoms with van der Waals surface area (Å²) in [6, 6.07) is 13.1. The van der Waals surface area contributed by atoms with E-state index in [9.17, 15) is 4.79 Å². The average Bonchev–Trinajstić information content (AvgIpc) is 2.95. The summed E-state index contributed by atoms with van der Waals surface area (Å²) in [4.78, 5) is 11.1. The van der Waals surface area contributed by atoms with Crippen molar-refractivity contribution < 1.29 is 9.90 Å². The molecular formula is C18H20N2O2. The van der Waals surface area contributed by atoms with Gasteiger partial charge < -0.3 is 5.11 Å². The predicted molar refractivity (Wildman–Crippen MR) is 85.1 cm³/mol. The Morgan fingerprint density at radius 2 is 1.50 bits per heavy atom. The van der Waals surface area contributed by atoms with Crippen molar-refractivity contribution in [2.75, 3.05) is 13.1 Å². The fourth-order valence-corrected chi connectivity index (χ4v) is 3.67. The number of carboxylic acid groups (broad SMARTS) is 1. The number of hydrogen-bond donors (Lipinski definition) is 1. The molecule has 2 aromatic rings. The fraction of sp³-hybridized carbons (Fsp3) is 0.389. The Labute approximate surface area is 129 Å². The standard InChI is InChI=1S/C18H20N2O2/c21-18(22)13-5-7-19(8-6-13)20-11-16-9-14-3-1-2-4-15(14)10-17(16)12-20/h1-4,9-10,13H,5-8,11-12H2,(H,21,22). The normalized spacial score (nSPS) is 20.4. The van der Waals surface area contributed by atoms with Crippen LogP contribution in [0.25, 0.3) is 10.8 Å². The number of nitrogens with zero attached hydrogens (tertiary/aromatic N) is 2. The molecule has 0 aliphatic carbocycles. The second kappa shape index (κ2) is 5.38. The Hall–Kier alpha value is -1.91. The minimum absolute atomic E-state index is 0.163. The average molecular weight is 296 g/mol. The van der Waals surface area contributed by atoms with Gasteiger partial charge in [0.2, 0.25) is 0 Å². The number of carboxylic acids is 1. The smallest absolute Gasteiger partial charge is 0.306 e. The third-order valence-electron chi connectivity index (χ3n) is 4.99. The molecule has 0 unspecified atom stereocenters. The number of carbonyl (C=O) groups is 1. The summed E-state index contributed by atoms with van der Waals surface area (Å²) in [5.41, 5.74) is 2.80. The van der Waals surface area contributed by atoms with E-state index in [1.165, 1.54) is 21.9 Å². The maximum atomic E-state index is 11.1. The van der Waals surface area contributed by atoms with Gasteiger partial charge in [-0.3, -0.25) is 4.79 Å². The van der Waals surface area contributed by atoms with Gasteiger partial charge in [0.05, 0.1) is 5.92 Å². The second-order valence-corrected chi connectivity index (χ2v) is 6.36. The van der Waals surface area contributed by atoms with Crippen LogP contribution in [0.4, 0.5) is 0 Å². The van der Waals surface area contributed by atoms with Gasteiger partial charge in [-0.15, -0.1) is 0 Å². The highest BCUT2D eigenvalue weighted by molar-refractivity contribution is 5.84. The van der Waals surface area contributed by atoms with Crippen LogP contribution in [-0.4, -0.2) is 34.2 Å². The van der Waals surface area contributed by atoms with Gasteiger partial charge in [-0.1, -0.05) is 24.3 Å². The van der Waals surface area contributed by atoms with Crippen LogP contribution >= 0.6 is 0 Å². The topological polar surface area (TPSA) is 43.8 Å². The van der Waals surface area contributed by atoms with E-state index in [1.54, 1.807) is 0 Å². The van der Waals surface area contributed by atoms with Gasteiger partial charge in [0.25, 0.3) is 0 Å². The molecule has 0 saturated carbocycles. The van der Waals surface area contributed by atoms with Crippen molar-refractivity contribution in [3.8, 4) is 0 Å². The Kier molecular flexibility index (Phi) is 3.36. The highest BCUT2D eigenvalue weighted by atomic mass is 16.4. The van der Waals surface area contributed by atoms with Crippen molar-refractivity contribution in [2.24, 2.45) is 5.92 Å². The number of hydrogen-bond acceptors (Lipinski definition) is 3. The molecule has 4 nitrogen and oxygen atoms in total. The number of piperidine rings is 1. The highest BCUT2D eigenvalue weighted by Crippen LogP contribution is 2.30. The van der Waals surface area contributed by atoms with Crippen molar-refractivity contribution >= 4 is 16.7 Å². The van der Waals surface area contributed by atoms with Crippen molar-refractivity contribution in [1.29, 1.82) is 0 Å². The maximum Gasteiger partial charge on any atom is 0.306 e. The molecule has 114 valence electrons. The lowest BCUT2D eigenvalue weighted by atomic mass is 9.98. The molecule has 2 aliphatic heterocycles. The molecule has 0 atom stereocenters. The maximum absolute atomic E-state index is 11.1. The number of benzene rings is 2. The van der Waals surface area contributed by atoms with Gasteiger partial charge in [0, 0.05) is 26.2 Å². The van der Waals surface area contributed by atoms with Crippen LogP contribution in [0.1, 0.15) is 24.0 Å². The summed E-state index contributed by atoms with van der Waals surface area (Å²) in [5.74, 6) is -0.806. The SMILES string of the molecule is O=C(O)C1CCN(N2Cc3cc4ccccc4cc3C2)CC1. The molecule has 1 fully saturated rings. The fourth-order valence-electron chi connectivity index (χ4n) is 3.67. The third kappa shape index (κ3) is 2.38. The van der Waals surface area contributed by atoms with Gasteiger partial charge in [-0.2, -0.15) is 0 Å². The molecule has 1 saturated heterocycles. The first-order chi connectivity index (χ1) is 10.7. The van der Waals surface area contributed by atoms with E-state index in [4.69, 9.17) is 5.11 Å². The minimum Gasteiger partial charge on any atom is -0.481 e. The summed E-state index contributed by atoms with van der Waals surface area (Å²) in [6.07, 6.45) is 1.51. The summed E-state index contributed by atoms with van der Waals surface area (Å²) >= 11 is 0. The van der Waals surface area contributed by atoms with Crippen LogP contribution < -0.4 is 0 Å². The van der Waals surface area contributed by atoms with Crippen LogP contribution in [0.2, 0.25) is 0 Å². The molecule has 0 aromatic heterocycles. The molecule has 1 N–H and O–H groups in total. The largest absolute Gasteiger partial charge is 0.481 e. The van der Waals surface area contributed by atoms with Gasteiger partial charge in [0.15, 0.2) is 0 Å². The molecule has 2 aromatic carbocycles. The van der Waals surface area contributed by atoms with Crippen molar-refractivity contribution in [3.63, 3.8) is 0 Å². The van der Waals surface area contributed by atoms with E-state index in [2.05, 4.69) is 46.4 Å². The second-order valence-electron chi connectivity index (χ2n) is 6.36.